The molecule has 39 heavy (non-hydrogen) atoms. The Morgan fingerprint density at radius 2 is 1.54 bits per heavy atom. The highest BCUT2D eigenvalue weighted by atomic mass is 35.5. The lowest BCUT2D eigenvalue weighted by atomic mass is 9.90. The van der Waals surface area contributed by atoms with E-state index in [4.69, 9.17) is 16.4 Å². The molecule has 0 aromatic heterocycles. The molecule has 2 aliphatic heterocycles. The minimum Gasteiger partial charge on any atom is -0.333 e. The van der Waals surface area contributed by atoms with Gasteiger partial charge in [0, 0.05) is 54.8 Å². The second kappa shape index (κ2) is 12.1. The van der Waals surface area contributed by atoms with Crippen molar-refractivity contribution in [2.45, 2.75) is 71.6 Å². The van der Waals surface area contributed by atoms with E-state index in [1.807, 2.05) is 20.8 Å². The monoisotopic (exact) mass is 585 g/mol. The van der Waals surface area contributed by atoms with Crippen LogP contribution in [0.5, 0.6) is 0 Å². The quantitative estimate of drug-likeness (QED) is 0.390. The van der Waals surface area contributed by atoms with E-state index in [0.29, 0.717) is 23.4 Å². The van der Waals surface area contributed by atoms with Crippen molar-refractivity contribution in [1.82, 2.24) is 24.3 Å². The second-order valence-corrected chi connectivity index (χ2v) is 14.3. The summed E-state index contributed by atoms with van der Waals surface area (Å²) < 4.78 is 30.0. The van der Waals surface area contributed by atoms with Crippen molar-refractivity contribution >= 4 is 39.5 Å². The van der Waals surface area contributed by atoms with Crippen LogP contribution < -0.4 is 10.8 Å². The van der Waals surface area contributed by atoms with Gasteiger partial charge in [-0.15, -0.1) is 0 Å². The molecule has 11 nitrogen and oxygen atoms in total. The highest BCUT2D eigenvalue weighted by molar-refractivity contribution is 7.86. The molecular weight excluding hydrogens is 546 g/mol. The molecule has 1 aromatic rings. The van der Waals surface area contributed by atoms with Crippen molar-refractivity contribution in [2.24, 2.45) is 5.92 Å². The summed E-state index contributed by atoms with van der Waals surface area (Å²) in [6.45, 7) is 11.0. The van der Waals surface area contributed by atoms with Gasteiger partial charge in [-0.05, 0) is 78.6 Å². The fourth-order valence-corrected chi connectivity index (χ4v) is 6.35. The Hall–Kier alpha value is -2.25. The molecule has 1 aromatic carbocycles. The van der Waals surface area contributed by atoms with Gasteiger partial charge in [-0.2, -0.15) is 17.0 Å². The average Bonchev–Trinajstić information content (AvgIpc) is 2.85. The average molecular weight is 586 g/mol. The maximum atomic E-state index is 13.8. The van der Waals surface area contributed by atoms with Crippen molar-refractivity contribution < 1.29 is 27.6 Å². The number of ketones is 1. The van der Waals surface area contributed by atoms with Crippen molar-refractivity contribution in [3.8, 4) is 0 Å². The number of rotatable bonds is 6. The molecule has 0 aliphatic carbocycles. The van der Waals surface area contributed by atoms with Crippen molar-refractivity contribution in [1.29, 1.82) is 0 Å². The molecule has 0 spiro atoms. The van der Waals surface area contributed by atoms with E-state index >= 15 is 0 Å². The molecule has 218 valence electrons. The third kappa shape index (κ3) is 8.37. The van der Waals surface area contributed by atoms with Crippen molar-refractivity contribution in [3.05, 3.63) is 34.9 Å². The van der Waals surface area contributed by atoms with Gasteiger partial charge < -0.3 is 10.2 Å². The first-order valence-electron chi connectivity index (χ1n) is 13.1. The van der Waals surface area contributed by atoms with Gasteiger partial charge in [-0.25, -0.2) is 10.3 Å². The summed E-state index contributed by atoms with van der Waals surface area (Å²) in [6.07, 6.45) is 0.720. The van der Waals surface area contributed by atoms with Gasteiger partial charge in [-0.3, -0.25) is 14.4 Å². The van der Waals surface area contributed by atoms with Gasteiger partial charge in [0.25, 0.3) is 16.1 Å². The number of nitrogens with one attached hydrogen (secondary N) is 2. The zero-order chi connectivity index (χ0) is 29.2. The maximum Gasteiger partial charge on any atom is 0.317 e. The molecule has 1 atom stereocenters. The summed E-state index contributed by atoms with van der Waals surface area (Å²) in [6, 6.07) is 5.09. The summed E-state index contributed by atoms with van der Waals surface area (Å²) >= 11 is 5.92. The molecule has 0 radical (unpaired) electrons. The number of amides is 3. The molecule has 3 rings (SSSR count). The minimum absolute atomic E-state index is 0.0428. The number of benzene rings is 1. The highest BCUT2D eigenvalue weighted by Gasteiger charge is 2.45. The molecule has 2 heterocycles. The lowest BCUT2D eigenvalue weighted by molar-refractivity contribution is -0.150. The predicted octanol–water partition coefficient (Wildman–Crippen LogP) is 2.82. The Balaban J connectivity index is 1.74. The van der Waals surface area contributed by atoms with Crippen LogP contribution in [0.15, 0.2) is 24.3 Å². The zero-order valence-corrected chi connectivity index (χ0v) is 25.1. The molecule has 2 N–H and O–H groups in total. The number of piperidine rings is 1. The number of carbonyl (C=O) groups is 3. The first kappa shape index (κ1) is 31.3. The van der Waals surface area contributed by atoms with E-state index in [2.05, 4.69) is 10.8 Å². The molecule has 13 heteroatoms. The Morgan fingerprint density at radius 3 is 2.08 bits per heavy atom. The number of Topliss-reactive ketones (excluding diaryl/α,β-unsaturated/α-hetero) is 1. The van der Waals surface area contributed by atoms with Gasteiger partial charge in [0.2, 0.25) is 0 Å². The van der Waals surface area contributed by atoms with Crippen LogP contribution in [0, 0.1) is 5.92 Å². The van der Waals surface area contributed by atoms with E-state index in [-0.39, 0.29) is 50.5 Å². The van der Waals surface area contributed by atoms with Crippen LogP contribution in [0.4, 0.5) is 4.79 Å². The summed E-state index contributed by atoms with van der Waals surface area (Å²) in [5.74, 6) is -1.01. The van der Waals surface area contributed by atoms with Crippen LogP contribution in [0.25, 0.3) is 0 Å². The third-order valence-electron chi connectivity index (χ3n) is 6.44. The second-order valence-electron chi connectivity index (χ2n) is 12.0. The number of hydrogen-bond donors (Lipinski definition) is 2. The van der Waals surface area contributed by atoms with E-state index in [1.54, 1.807) is 45.0 Å². The SMILES string of the molecule is CC(C)(C)NC(=O)N1CCN(S(=O)(=O)N2CCC(C(=O)c3ccc(Cl)cc3)CC2)[C@@H](C(=O)NOC(C)(C)C)C1. The number of piperazine rings is 1. The normalized spacial score (nSPS) is 20.5. The zero-order valence-electron chi connectivity index (χ0n) is 23.5. The van der Waals surface area contributed by atoms with Crippen LogP contribution in [0.1, 0.15) is 64.7 Å². The largest absolute Gasteiger partial charge is 0.333 e. The summed E-state index contributed by atoms with van der Waals surface area (Å²) in [5.41, 5.74) is 1.72. The summed E-state index contributed by atoms with van der Waals surface area (Å²) in [4.78, 5) is 45.8. The number of hydrogen-bond acceptors (Lipinski definition) is 6. The first-order valence-corrected chi connectivity index (χ1v) is 14.9. The number of nitrogens with zero attached hydrogens (tertiary/aromatic N) is 3. The lowest BCUT2D eigenvalue weighted by Gasteiger charge is -2.43. The number of hydroxylamine groups is 1. The molecule has 2 fully saturated rings. The van der Waals surface area contributed by atoms with Crippen LogP contribution >= 0.6 is 11.6 Å². The number of carbonyl (C=O) groups excluding carboxylic acids is 3. The fraction of sp³-hybridized carbons (Fsp3) is 0.654. The molecule has 2 aliphatic rings. The topological polar surface area (TPSA) is 128 Å². The fourth-order valence-electron chi connectivity index (χ4n) is 4.46. The lowest BCUT2D eigenvalue weighted by Crippen LogP contribution is -2.65. The predicted molar refractivity (Wildman–Crippen MR) is 148 cm³/mol. The Bertz CT molecular complexity index is 1150. The van der Waals surface area contributed by atoms with E-state index < -0.39 is 33.3 Å². The molecule has 2 saturated heterocycles. The molecular formula is C26H40ClN5O6S. The van der Waals surface area contributed by atoms with Crippen molar-refractivity contribution in [3.63, 3.8) is 0 Å². The third-order valence-corrected chi connectivity index (χ3v) is 8.74. The van der Waals surface area contributed by atoms with E-state index in [9.17, 15) is 22.8 Å². The maximum absolute atomic E-state index is 13.8. The van der Waals surface area contributed by atoms with Gasteiger partial charge in [0.05, 0.1) is 5.60 Å². The smallest absolute Gasteiger partial charge is 0.317 e. The first-order chi connectivity index (χ1) is 18.0. The Kier molecular flexibility index (Phi) is 9.70. The van der Waals surface area contributed by atoms with Gasteiger partial charge >= 0.3 is 6.03 Å². The Labute approximate surface area is 236 Å². The van der Waals surface area contributed by atoms with Gasteiger partial charge in [0.15, 0.2) is 5.78 Å². The standard InChI is InChI=1S/C26H40ClN5O6S/c1-25(2,3)28-24(35)30-15-16-32(21(17-30)23(34)29-38-26(4,5)6)39(36,37)31-13-11-19(12-14-31)22(33)18-7-9-20(27)10-8-18/h7-10,19,21H,11-17H2,1-6H3,(H,28,35)(H,29,34)/t21-/m1/s1. The molecule has 0 unspecified atom stereocenters. The van der Waals surface area contributed by atoms with Gasteiger partial charge in [-0.1, -0.05) is 11.6 Å². The number of halogens is 1. The van der Waals surface area contributed by atoms with E-state index in [1.165, 1.54) is 9.21 Å². The van der Waals surface area contributed by atoms with Crippen LogP contribution in [-0.2, 0) is 19.8 Å². The minimum atomic E-state index is -4.07. The molecule has 0 bridgehead atoms. The van der Waals surface area contributed by atoms with Crippen LogP contribution in [0.2, 0.25) is 5.02 Å². The molecule has 0 saturated carbocycles. The Morgan fingerprint density at radius 1 is 0.949 bits per heavy atom. The summed E-state index contributed by atoms with van der Waals surface area (Å²) in [5, 5.41) is 3.40. The highest BCUT2D eigenvalue weighted by Crippen LogP contribution is 2.27. The van der Waals surface area contributed by atoms with Crippen LogP contribution in [-0.4, -0.2) is 89.6 Å². The van der Waals surface area contributed by atoms with Crippen molar-refractivity contribution in [2.75, 3.05) is 32.7 Å². The number of urea groups is 1. The van der Waals surface area contributed by atoms with E-state index in [0.717, 1.165) is 4.31 Å². The van der Waals surface area contributed by atoms with Gasteiger partial charge in [0.1, 0.15) is 6.04 Å². The summed E-state index contributed by atoms with van der Waals surface area (Å²) in [7, 11) is -4.07. The van der Waals surface area contributed by atoms with Crippen LogP contribution in [0.3, 0.4) is 0 Å². The molecule has 3 amide bonds.